The van der Waals surface area contributed by atoms with Crippen molar-refractivity contribution in [1.29, 1.82) is 0 Å². The molecular weight excluding hydrogens is 238 g/mol. The average molecular weight is 253 g/mol. The quantitative estimate of drug-likeness (QED) is 0.309. The van der Waals surface area contributed by atoms with E-state index in [-0.39, 0.29) is 5.75 Å². The van der Waals surface area contributed by atoms with Crippen molar-refractivity contribution in [3.05, 3.63) is 0 Å². The van der Waals surface area contributed by atoms with Gasteiger partial charge in [0.25, 0.3) is 0 Å². The van der Waals surface area contributed by atoms with Crippen LogP contribution in [-0.4, -0.2) is 73.6 Å². The fraction of sp³-hybridized carbons (Fsp3) is 0.875. The second-order valence-corrected chi connectivity index (χ2v) is 4.72. The highest BCUT2D eigenvalue weighted by atomic mass is 32.2. The zero-order valence-corrected chi connectivity index (χ0v) is 9.17. The van der Waals surface area contributed by atoms with Gasteiger partial charge >= 0.3 is 5.97 Å². The fourth-order valence-corrected chi connectivity index (χ4v) is 2.61. The second-order valence-electron chi connectivity index (χ2n) is 3.54. The lowest BCUT2D eigenvalue weighted by molar-refractivity contribution is -0.139. The monoisotopic (exact) mass is 253 g/mol. The van der Waals surface area contributed by atoms with Gasteiger partial charge in [0.2, 0.25) is 0 Å². The topological polar surface area (TPSA) is 130 Å². The number of carbonyl (C=O) groups is 1. The molecule has 0 radical (unpaired) electrons. The lowest BCUT2D eigenvalue weighted by Crippen LogP contribution is -2.50. The second kappa shape index (κ2) is 5.80. The van der Waals surface area contributed by atoms with Gasteiger partial charge in [-0.25, -0.2) is 0 Å². The van der Waals surface area contributed by atoms with Crippen molar-refractivity contribution in [2.24, 2.45) is 0 Å². The summed E-state index contributed by atoms with van der Waals surface area (Å²) < 4.78 is 0. The third-order valence-corrected chi connectivity index (χ3v) is 3.65. The Hall–Kier alpha value is -0.380. The molecule has 0 saturated carbocycles. The Morgan fingerprint density at radius 1 is 1.44 bits per heavy atom. The maximum Gasteiger partial charge on any atom is 0.321 e. The molecule has 6 N–H and O–H groups in total. The summed E-state index contributed by atoms with van der Waals surface area (Å²) in [4.78, 5) is 10.6. The molecule has 16 heavy (non-hydrogen) atoms. The predicted octanol–water partition coefficient (Wildman–Crippen LogP) is -2.82. The highest BCUT2D eigenvalue weighted by molar-refractivity contribution is 8.00. The van der Waals surface area contributed by atoms with Crippen LogP contribution in [0.3, 0.4) is 0 Å². The van der Waals surface area contributed by atoms with Gasteiger partial charge in [0.1, 0.15) is 24.4 Å². The molecule has 1 saturated heterocycles. The summed E-state index contributed by atoms with van der Waals surface area (Å²) in [6.45, 7) is -0.669. The number of carboxylic acid groups (broad SMARTS) is 1. The van der Waals surface area contributed by atoms with Crippen LogP contribution in [0.2, 0.25) is 0 Å². The molecular formula is C8H15NO6S. The van der Waals surface area contributed by atoms with Crippen LogP contribution in [-0.2, 0) is 4.79 Å². The molecule has 94 valence electrons. The first-order valence-corrected chi connectivity index (χ1v) is 5.77. The van der Waals surface area contributed by atoms with Crippen molar-refractivity contribution >= 4 is 17.7 Å². The van der Waals surface area contributed by atoms with Crippen molar-refractivity contribution in [3.8, 4) is 0 Å². The van der Waals surface area contributed by atoms with Crippen LogP contribution in [0.1, 0.15) is 0 Å². The Bertz CT molecular complexity index is 253. The van der Waals surface area contributed by atoms with Gasteiger partial charge < -0.3 is 25.5 Å². The van der Waals surface area contributed by atoms with Crippen LogP contribution < -0.4 is 5.32 Å². The molecule has 0 aromatic carbocycles. The van der Waals surface area contributed by atoms with E-state index in [4.69, 9.17) is 15.3 Å². The van der Waals surface area contributed by atoms with Gasteiger partial charge in [-0.15, -0.1) is 11.8 Å². The largest absolute Gasteiger partial charge is 0.480 e. The fourth-order valence-electron chi connectivity index (χ4n) is 1.35. The summed E-state index contributed by atoms with van der Waals surface area (Å²) >= 11 is 1.15. The minimum absolute atomic E-state index is 0.277. The first kappa shape index (κ1) is 13.7. The number of aliphatic carboxylic acids is 1. The van der Waals surface area contributed by atoms with Crippen LogP contribution in [0, 0.1) is 0 Å². The van der Waals surface area contributed by atoms with E-state index in [0.29, 0.717) is 0 Å². The molecule has 5 atom stereocenters. The Morgan fingerprint density at radius 3 is 2.50 bits per heavy atom. The van der Waals surface area contributed by atoms with Crippen molar-refractivity contribution < 1.29 is 30.3 Å². The molecule has 0 amide bonds. The van der Waals surface area contributed by atoms with E-state index in [1.54, 1.807) is 0 Å². The van der Waals surface area contributed by atoms with Crippen LogP contribution >= 0.6 is 11.8 Å². The van der Waals surface area contributed by atoms with E-state index in [2.05, 4.69) is 5.32 Å². The minimum atomic E-state index is -1.51. The highest BCUT2D eigenvalue weighted by Gasteiger charge is 2.38. The van der Waals surface area contributed by atoms with Crippen LogP contribution in [0.5, 0.6) is 0 Å². The van der Waals surface area contributed by atoms with Gasteiger partial charge in [-0.2, -0.15) is 0 Å². The number of rotatable bonds is 5. The minimum Gasteiger partial charge on any atom is -0.480 e. The molecule has 0 spiro atoms. The normalized spacial score (nSPS) is 31.0. The van der Waals surface area contributed by atoms with E-state index in [1.165, 1.54) is 0 Å². The molecule has 7 nitrogen and oxygen atoms in total. The molecule has 0 aromatic rings. The lowest BCUT2D eigenvalue weighted by atomic mass is 10.1. The van der Waals surface area contributed by atoms with E-state index >= 15 is 0 Å². The van der Waals surface area contributed by atoms with Crippen LogP contribution in [0.25, 0.3) is 0 Å². The third kappa shape index (κ3) is 3.06. The Balaban J connectivity index is 2.50. The van der Waals surface area contributed by atoms with E-state index in [9.17, 15) is 15.0 Å². The van der Waals surface area contributed by atoms with Gasteiger partial charge in [0.15, 0.2) is 0 Å². The van der Waals surface area contributed by atoms with Gasteiger partial charge in [-0.05, 0) is 0 Å². The van der Waals surface area contributed by atoms with Gasteiger partial charge in [0.05, 0.1) is 12.0 Å². The summed E-state index contributed by atoms with van der Waals surface area (Å²) in [7, 11) is 0. The summed E-state index contributed by atoms with van der Waals surface area (Å²) in [5.74, 6) is -0.752. The molecule has 0 aliphatic carbocycles. The highest BCUT2D eigenvalue weighted by Crippen LogP contribution is 2.24. The molecule has 1 rings (SSSR count). The van der Waals surface area contributed by atoms with E-state index in [1.807, 2.05) is 0 Å². The summed E-state index contributed by atoms with van der Waals surface area (Å²) in [5.41, 5.74) is 0. The van der Waals surface area contributed by atoms with E-state index < -0.39 is 42.3 Å². The van der Waals surface area contributed by atoms with Crippen LogP contribution in [0.4, 0.5) is 0 Å². The number of hydrogen-bond acceptors (Lipinski definition) is 7. The zero-order valence-electron chi connectivity index (χ0n) is 8.35. The molecule has 0 unspecified atom stereocenters. The number of carboxylic acids is 1. The molecule has 1 heterocycles. The Morgan fingerprint density at radius 2 is 2.06 bits per heavy atom. The van der Waals surface area contributed by atoms with Crippen molar-refractivity contribution in [2.45, 2.75) is 29.7 Å². The van der Waals surface area contributed by atoms with Gasteiger partial charge in [-0.1, -0.05) is 0 Å². The summed E-state index contributed by atoms with van der Waals surface area (Å²) in [5, 5.41) is 47.4. The lowest BCUT2D eigenvalue weighted by Gasteiger charge is -2.25. The average Bonchev–Trinajstić information content (AvgIpc) is 2.75. The SMILES string of the molecule is O=C(O)[C@H]1CS[C@H]([C@H](O)[C@H](O)[C@@H](O)CO)N1. The molecule has 1 fully saturated rings. The third-order valence-electron chi connectivity index (χ3n) is 2.35. The van der Waals surface area contributed by atoms with Crippen molar-refractivity contribution in [1.82, 2.24) is 5.32 Å². The number of hydrogen-bond donors (Lipinski definition) is 6. The first-order valence-electron chi connectivity index (χ1n) is 4.73. The first-order chi connectivity index (χ1) is 7.47. The zero-order chi connectivity index (χ0) is 12.3. The van der Waals surface area contributed by atoms with Crippen LogP contribution in [0.15, 0.2) is 0 Å². The van der Waals surface area contributed by atoms with Gasteiger partial charge in [-0.3, -0.25) is 10.1 Å². The molecule has 1 aliphatic heterocycles. The standard InChI is InChI=1S/C8H15NO6S/c10-1-4(11)5(12)6(13)7-9-3(2-16-7)8(14)15/h3-7,9-13H,1-2H2,(H,14,15)/t3-,4+,5-,6-,7-/m1/s1. The Labute approximate surface area is 96.1 Å². The van der Waals surface area contributed by atoms with E-state index in [0.717, 1.165) is 11.8 Å². The molecule has 0 bridgehead atoms. The number of aliphatic hydroxyl groups is 4. The maximum absolute atomic E-state index is 10.6. The maximum atomic E-state index is 10.6. The smallest absolute Gasteiger partial charge is 0.321 e. The Kier molecular flexibility index (Phi) is 4.96. The molecule has 1 aliphatic rings. The summed E-state index contributed by atoms with van der Waals surface area (Å²) in [6, 6.07) is -0.775. The number of aliphatic hydroxyl groups excluding tert-OH is 4. The molecule has 8 heteroatoms. The van der Waals surface area contributed by atoms with Crippen molar-refractivity contribution in [2.75, 3.05) is 12.4 Å². The summed E-state index contributed by atoms with van der Waals surface area (Å²) in [6.07, 6.45) is -4.29. The number of nitrogens with one attached hydrogen (secondary N) is 1. The van der Waals surface area contributed by atoms with Gasteiger partial charge in [0, 0.05) is 5.75 Å². The number of thioether (sulfide) groups is 1. The van der Waals surface area contributed by atoms with Crippen molar-refractivity contribution in [3.63, 3.8) is 0 Å². The molecule has 0 aromatic heterocycles. The predicted molar refractivity (Wildman–Crippen MR) is 55.9 cm³/mol.